The Bertz CT molecular complexity index is 881. The van der Waals surface area contributed by atoms with E-state index in [-0.39, 0.29) is 0 Å². The smallest absolute Gasteiger partial charge is 0.199 e. The molecule has 0 radical (unpaired) electrons. The Kier molecular flexibility index (Phi) is 7.02. The van der Waals surface area contributed by atoms with Gasteiger partial charge >= 0.3 is 0 Å². The van der Waals surface area contributed by atoms with E-state index in [1.54, 1.807) is 11.8 Å². The van der Waals surface area contributed by atoms with Crippen molar-refractivity contribution in [3.8, 4) is 0 Å². The number of para-hydroxylation sites is 2. The minimum atomic E-state index is 0.444. The summed E-state index contributed by atoms with van der Waals surface area (Å²) in [4.78, 5) is 6.75. The molecular weight excluding hydrogens is 370 g/mol. The summed E-state index contributed by atoms with van der Waals surface area (Å²) in [5.41, 5.74) is 3.25. The lowest BCUT2D eigenvalue weighted by Gasteiger charge is -2.21. The number of nitrogens with one attached hydrogen (secondary N) is 1. The van der Waals surface area contributed by atoms with Gasteiger partial charge in [0.1, 0.15) is 0 Å². The predicted octanol–water partition coefficient (Wildman–Crippen LogP) is 5.81. The molecule has 3 rings (SSSR count). The Labute approximate surface area is 170 Å². The maximum absolute atomic E-state index is 5.47. The van der Waals surface area contributed by atoms with E-state index in [1.165, 1.54) is 5.56 Å². The van der Waals surface area contributed by atoms with Gasteiger partial charge in [-0.2, -0.15) is 4.99 Å². The van der Waals surface area contributed by atoms with E-state index >= 15 is 0 Å². The highest BCUT2D eigenvalue weighted by Crippen LogP contribution is 2.21. The van der Waals surface area contributed by atoms with Crippen molar-refractivity contribution in [3.05, 3.63) is 96.6 Å². The molecule has 0 amide bonds. The average Bonchev–Trinajstić information content (AvgIpc) is 2.72. The zero-order chi connectivity index (χ0) is 18.9. The maximum atomic E-state index is 5.47. The molecule has 3 aromatic rings. The molecule has 0 atom stereocenters. The van der Waals surface area contributed by atoms with Gasteiger partial charge in [-0.05, 0) is 42.0 Å². The fourth-order valence-electron chi connectivity index (χ4n) is 2.45. The summed E-state index contributed by atoms with van der Waals surface area (Å²) in [6.45, 7) is 0. The first-order valence-electron chi connectivity index (χ1n) is 8.62. The Morgan fingerprint density at radius 2 is 1.44 bits per heavy atom. The van der Waals surface area contributed by atoms with E-state index in [9.17, 15) is 0 Å². The molecule has 0 fully saturated rings. The normalized spacial score (nSPS) is 11.1. The Hall–Kier alpha value is -2.63. The second kappa shape index (κ2) is 9.90. The van der Waals surface area contributed by atoms with Gasteiger partial charge in [-0.25, -0.2) is 0 Å². The first kappa shape index (κ1) is 19.1. The number of aliphatic imine (C=N–C) groups is 1. The van der Waals surface area contributed by atoms with Gasteiger partial charge in [0.15, 0.2) is 10.3 Å². The largest absolute Gasteiger partial charge is 0.331 e. The lowest BCUT2D eigenvalue weighted by molar-refractivity contribution is 1.28. The number of rotatable bonds is 4. The number of hydrogen-bond acceptors (Lipinski definition) is 2. The molecule has 3 nitrogen and oxygen atoms in total. The summed E-state index contributed by atoms with van der Waals surface area (Å²) >= 11 is 7.14. The molecule has 0 saturated heterocycles. The highest BCUT2D eigenvalue weighted by molar-refractivity contribution is 8.13. The fourth-order valence-corrected chi connectivity index (χ4v) is 3.65. The molecule has 0 aromatic heterocycles. The van der Waals surface area contributed by atoms with Crippen LogP contribution < -0.4 is 10.2 Å². The predicted molar refractivity (Wildman–Crippen MR) is 123 cm³/mol. The lowest BCUT2D eigenvalue weighted by Crippen LogP contribution is -2.25. The van der Waals surface area contributed by atoms with E-state index < -0.39 is 0 Å². The van der Waals surface area contributed by atoms with Crippen LogP contribution in [0.1, 0.15) is 5.56 Å². The molecule has 0 spiro atoms. The minimum Gasteiger partial charge on any atom is -0.331 e. The standard InChI is InChI=1S/C22H21N3S2/c1-25(20-15-9-4-10-16-20)22(27-17-18-11-5-2-6-12-18)24-21(26)23-19-13-7-3-8-14-19/h2-16H,17H2,1H3,(H,23,26)/b24-22-. The van der Waals surface area contributed by atoms with Gasteiger partial charge in [0.2, 0.25) is 0 Å². The van der Waals surface area contributed by atoms with Crippen LogP contribution in [-0.2, 0) is 5.75 Å². The highest BCUT2D eigenvalue weighted by atomic mass is 32.2. The molecule has 0 heterocycles. The highest BCUT2D eigenvalue weighted by Gasteiger charge is 2.11. The number of amidine groups is 1. The van der Waals surface area contributed by atoms with Gasteiger partial charge in [0.05, 0.1) is 0 Å². The molecule has 0 unspecified atom stereocenters. The first-order valence-corrected chi connectivity index (χ1v) is 10.0. The number of anilines is 2. The average molecular weight is 392 g/mol. The molecule has 0 aliphatic rings. The molecule has 0 saturated carbocycles. The second-order valence-electron chi connectivity index (χ2n) is 5.86. The summed E-state index contributed by atoms with van der Waals surface area (Å²) in [5.74, 6) is 0.824. The van der Waals surface area contributed by atoms with Crippen molar-refractivity contribution in [1.82, 2.24) is 0 Å². The Balaban J connectivity index is 1.78. The van der Waals surface area contributed by atoms with Gasteiger partial charge in [0, 0.05) is 24.2 Å². The summed E-state index contributed by atoms with van der Waals surface area (Å²) in [7, 11) is 2.01. The first-order chi connectivity index (χ1) is 13.2. The van der Waals surface area contributed by atoms with Crippen LogP contribution in [0.3, 0.4) is 0 Å². The third kappa shape index (κ3) is 5.94. The van der Waals surface area contributed by atoms with Gasteiger partial charge in [-0.15, -0.1) is 0 Å². The third-order valence-corrected chi connectivity index (χ3v) is 5.16. The van der Waals surface area contributed by atoms with Crippen molar-refractivity contribution >= 4 is 45.6 Å². The van der Waals surface area contributed by atoms with Gasteiger partial charge in [0.25, 0.3) is 0 Å². The maximum Gasteiger partial charge on any atom is 0.199 e. The number of benzene rings is 3. The molecule has 3 aromatic carbocycles. The summed E-state index contributed by atoms with van der Waals surface area (Å²) < 4.78 is 0. The number of nitrogens with zero attached hydrogens (tertiary/aromatic N) is 2. The van der Waals surface area contributed by atoms with E-state index in [2.05, 4.69) is 51.6 Å². The van der Waals surface area contributed by atoms with Crippen molar-refractivity contribution in [3.63, 3.8) is 0 Å². The van der Waals surface area contributed by atoms with Crippen LogP contribution in [0, 0.1) is 0 Å². The summed E-state index contributed by atoms with van der Waals surface area (Å²) in [6.07, 6.45) is 0. The Morgan fingerprint density at radius 3 is 2.07 bits per heavy atom. The van der Waals surface area contributed by atoms with Gasteiger partial charge in [-0.3, -0.25) is 0 Å². The van der Waals surface area contributed by atoms with Crippen LogP contribution in [0.15, 0.2) is 96.0 Å². The van der Waals surface area contributed by atoms with E-state index in [0.29, 0.717) is 5.11 Å². The monoisotopic (exact) mass is 391 g/mol. The molecule has 27 heavy (non-hydrogen) atoms. The zero-order valence-electron chi connectivity index (χ0n) is 15.1. The van der Waals surface area contributed by atoms with E-state index in [4.69, 9.17) is 12.2 Å². The van der Waals surface area contributed by atoms with Crippen molar-refractivity contribution in [2.24, 2.45) is 4.99 Å². The van der Waals surface area contributed by atoms with Crippen LogP contribution >= 0.6 is 24.0 Å². The van der Waals surface area contributed by atoms with Crippen LogP contribution in [-0.4, -0.2) is 17.3 Å². The Morgan fingerprint density at radius 1 is 0.889 bits per heavy atom. The molecular formula is C22H21N3S2. The number of thioether (sulfide) groups is 1. The van der Waals surface area contributed by atoms with Crippen molar-refractivity contribution in [2.75, 3.05) is 17.3 Å². The molecule has 0 aliphatic carbocycles. The number of thiocarbonyl (C=S) groups is 1. The van der Waals surface area contributed by atoms with Crippen LogP contribution in [0.25, 0.3) is 0 Å². The molecule has 136 valence electrons. The quantitative estimate of drug-likeness (QED) is 0.345. The molecule has 0 bridgehead atoms. The van der Waals surface area contributed by atoms with Gasteiger partial charge < -0.3 is 10.2 Å². The van der Waals surface area contributed by atoms with Crippen LogP contribution in [0.5, 0.6) is 0 Å². The second-order valence-corrected chi connectivity index (χ2v) is 7.19. The lowest BCUT2D eigenvalue weighted by atomic mass is 10.2. The van der Waals surface area contributed by atoms with Crippen molar-refractivity contribution in [1.29, 1.82) is 0 Å². The number of hydrogen-bond donors (Lipinski definition) is 1. The van der Waals surface area contributed by atoms with E-state index in [0.717, 1.165) is 22.3 Å². The minimum absolute atomic E-state index is 0.444. The van der Waals surface area contributed by atoms with Crippen LogP contribution in [0.4, 0.5) is 11.4 Å². The molecule has 0 aliphatic heterocycles. The SMILES string of the molecule is CN(/C(=N/C(=S)Nc1ccccc1)SCc1ccccc1)c1ccccc1. The van der Waals surface area contributed by atoms with Crippen molar-refractivity contribution in [2.45, 2.75) is 5.75 Å². The topological polar surface area (TPSA) is 27.6 Å². The third-order valence-electron chi connectivity index (χ3n) is 3.86. The van der Waals surface area contributed by atoms with Crippen LogP contribution in [0.2, 0.25) is 0 Å². The van der Waals surface area contributed by atoms with Crippen molar-refractivity contribution < 1.29 is 0 Å². The summed E-state index contributed by atoms with van der Waals surface area (Å²) in [6, 6.07) is 30.4. The van der Waals surface area contributed by atoms with Gasteiger partial charge in [-0.1, -0.05) is 78.5 Å². The fraction of sp³-hybridized carbons (Fsp3) is 0.0909. The molecule has 5 heteroatoms. The molecule has 1 N–H and O–H groups in total. The zero-order valence-corrected chi connectivity index (χ0v) is 16.7. The van der Waals surface area contributed by atoms with E-state index in [1.807, 2.05) is 61.6 Å². The summed E-state index contributed by atoms with van der Waals surface area (Å²) in [5, 5.41) is 4.47.